The van der Waals surface area contributed by atoms with E-state index >= 15 is 0 Å². The fourth-order valence-electron chi connectivity index (χ4n) is 9.04. The Labute approximate surface area is 453 Å². The zero-order valence-electron chi connectivity index (χ0n) is 48.4. The summed E-state index contributed by atoms with van der Waals surface area (Å²) < 4.78 is 16.9. The summed E-state index contributed by atoms with van der Waals surface area (Å²) in [7, 11) is 0. The average Bonchev–Trinajstić information content (AvgIpc) is 3.39. The maximum absolute atomic E-state index is 12.9. The number of hydrogen-bond donors (Lipinski definition) is 0. The Morgan fingerprint density at radius 1 is 0.288 bits per heavy atom. The third-order valence-corrected chi connectivity index (χ3v) is 13.7. The molecule has 422 valence electrons. The first kappa shape index (κ1) is 69.8. The van der Waals surface area contributed by atoms with Crippen LogP contribution in [0.2, 0.25) is 0 Å². The smallest absolute Gasteiger partial charge is 0.306 e. The Kier molecular flexibility index (Phi) is 58.7. The molecule has 0 N–H and O–H groups in total. The van der Waals surface area contributed by atoms with E-state index in [0.29, 0.717) is 19.3 Å². The molecule has 0 heterocycles. The highest BCUT2D eigenvalue weighted by Gasteiger charge is 2.19. The molecule has 0 spiro atoms. The molecule has 0 fully saturated rings. The predicted octanol–water partition coefficient (Wildman–Crippen LogP) is 21.3. The van der Waals surface area contributed by atoms with Gasteiger partial charge in [0.05, 0.1) is 0 Å². The molecular formula is C67H118O6. The summed E-state index contributed by atoms with van der Waals surface area (Å²) in [6.45, 7) is 6.52. The Hall–Kier alpha value is -3.15. The fraction of sp³-hybridized carbons (Fsp3) is 0.776. The fourth-order valence-corrected chi connectivity index (χ4v) is 9.04. The summed E-state index contributed by atoms with van der Waals surface area (Å²) in [5.41, 5.74) is 0. The van der Waals surface area contributed by atoms with Crippen LogP contribution in [-0.4, -0.2) is 37.2 Å². The van der Waals surface area contributed by atoms with E-state index in [1.807, 2.05) is 0 Å². The molecule has 73 heavy (non-hydrogen) atoms. The van der Waals surface area contributed by atoms with Crippen LogP contribution in [0.25, 0.3) is 0 Å². The second-order valence-electron chi connectivity index (χ2n) is 21.0. The maximum Gasteiger partial charge on any atom is 0.306 e. The van der Waals surface area contributed by atoms with Gasteiger partial charge in [0.2, 0.25) is 0 Å². The monoisotopic (exact) mass is 1020 g/mol. The Morgan fingerprint density at radius 3 is 0.836 bits per heavy atom. The number of allylic oxidation sites excluding steroid dienone is 12. The van der Waals surface area contributed by atoms with Gasteiger partial charge in [0.25, 0.3) is 0 Å². The summed E-state index contributed by atoms with van der Waals surface area (Å²) in [6, 6.07) is 0. The molecule has 0 radical (unpaired) electrons. The normalized spacial score (nSPS) is 12.5. The number of carbonyl (C=O) groups excluding carboxylic acids is 3. The number of rotatable bonds is 57. The molecule has 0 aromatic rings. The number of esters is 3. The number of carbonyl (C=O) groups is 3. The molecule has 0 aromatic heterocycles. The molecule has 0 aliphatic heterocycles. The third-order valence-electron chi connectivity index (χ3n) is 13.7. The first-order valence-corrected chi connectivity index (χ1v) is 31.4. The van der Waals surface area contributed by atoms with E-state index in [9.17, 15) is 14.4 Å². The van der Waals surface area contributed by atoms with Crippen molar-refractivity contribution in [2.45, 2.75) is 322 Å². The Balaban J connectivity index is 4.26. The minimum atomic E-state index is -0.783. The van der Waals surface area contributed by atoms with Crippen molar-refractivity contribution in [2.24, 2.45) is 0 Å². The van der Waals surface area contributed by atoms with E-state index in [2.05, 4.69) is 93.7 Å². The molecule has 0 saturated carbocycles. The molecule has 6 nitrogen and oxygen atoms in total. The first-order valence-electron chi connectivity index (χ1n) is 31.4. The molecule has 0 aromatic carbocycles. The zero-order chi connectivity index (χ0) is 52.9. The number of ether oxygens (including phenoxy) is 3. The summed E-state index contributed by atoms with van der Waals surface area (Å²) in [5, 5.41) is 0. The first-order chi connectivity index (χ1) is 36.0. The van der Waals surface area contributed by atoms with Crippen LogP contribution < -0.4 is 0 Å². The van der Waals surface area contributed by atoms with E-state index < -0.39 is 6.10 Å². The van der Waals surface area contributed by atoms with E-state index in [4.69, 9.17) is 14.2 Å². The van der Waals surface area contributed by atoms with Crippen LogP contribution in [0, 0.1) is 0 Å². The third kappa shape index (κ3) is 59.6. The average molecular weight is 1020 g/mol. The molecule has 0 amide bonds. The van der Waals surface area contributed by atoms with Crippen molar-refractivity contribution in [1.29, 1.82) is 0 Å². The van der Waals surface area contributed by atoms with E-state index in [-0.39, 0.29) is 31.1 Å². The largest absolute Gasteiger partial charge is 0.462 e. The Morgan fingerprint density at radius 2 is 0.534 bits per heavy atom. The topological polar surface area (TPSA) is 78.9 Å². The van der Waals surface area contributed by atoms with Gasteiger partial charge in [-0.3, -0.25) is 14.4 Å². The maximum atomic E-state index is 12.9. The van der Waals surface area contributed by atoms with Gasteiger partial charge >= 0.3 is 17.9 Å². The van der Waals surface area contributed by atoms with Gasteiger partial charge in [0.1, 0.15) is 13.2 Å². The van der Waals surface area contributed by atoms with Gasteiger partial charge < -0.3 is 14.2 Å². The molecule has 0 aliphatic rings. The summed E-state index contributed by atoms with van der Waals surface area (Å²) in [5.74, 6) is -0.894. The van der Waals surface area contributed by atoms with Crippen LogP contribution in [0.3, 0.4) is 0 Å². The molecule has 0 saturated heterocycles. The van der Waals surface area contributed by atoms with Crippen molar-refractivity contribution < 1.29 is 28.6 Å². The molecule has 1 atom stereocenters. The molecule has 1 unspecified atom stereocenters. The summed E-state index contributed by atoms with van der Waals surface area (Å²) >= 11 is 0. The lowest BCUT2D eigenvalue weighted by atomic mass is 10.0. The van der Waals surface area contributed by atoms with Crippen molar-refractivity contribution in [2.75, 3.05) is 13.2 Å². The Bertz CT molecular complexity index is 1360. The van der Waals surface area contributed by atoms with Crippen molar-refractivity contribution in [1.82, 2.24) is 0 Å². The van der Waals surface area contributed by atoms with Crippen molar-refractivity contribution >= 4 is 17.9 Å². The van der Waals surface area contributed by atoms with E-state index in [1.54, 1.807) is 0 Å². The highest BCUT2D eigenvalue weighted by molar-refractivity contribution is 5.71. The highest BCUT2D eigenvalue weighted by atomic mass is 16.6. The lowest BCUT2D eigenvalue weighted by molar-refractivity contribution is -0.167. The van der Waals surface area contributed by atoms with Crippen LogP contribution in [0.1, 0.15) is 316 Å². The standard InChI is InChI=1S/C67H118O6/c1-4-7-10-13-16-19-21-23-25-27-29-31-33-35-37-39-41-43-45-48-51-54-57-60-66(69)72-63-64(62-71-65(68)59-56-53-50-47-18-15-12-9-6-3)73-67(70)61-58-55-52-49-46-44-42-40-38-36-34-32-30-28-26-24-22-20-17-14-11-8-5-2/h7,10,16,19,23,25,29,31,35,37,41,43,64H,4-6,8-9,11-15,17-18,20-22,24,26-28,30,32-34,36,38-40,42,44-63H2,1-3H3/b10-7-,19-16-,25-23-,31-29-,37-35-,43-41-. The van der Waals surface area contributed by atoms with Crippen LogP contribution in [0.5, 0.6) is 0 Å². The second kappa shape index (κ2) is 61.4. The van der Waals surface area contributed by atoms with Gasteiger partial charge in [-0.05, 0) is 70.6 Å². The summed E-state index contributed by atoms with van der Waals surface area (Å²) in [4.78, 5) is 38.2. The van der Waals surface area contributed by atoms with Crippen molar-refractivity contribution in [3.8, 4) is 0 Å². The number of hydrogen-bond acceptors (Lipinski definition) is 6. The second-order valence-corrected chi connectivity index (χ2v) is 21.0. The highest BCUT2D eigenvalue weighted by Crippen LogP contribution is 2.17. The van der Waals surface area contributed by atoms with Crippen LogP contribution in [0.4, 0.5) is 0 Å². The quantitative estimate of drug-likeness (QED) is 0.0261. The predicted molar refractivity (Wildman–Crippen MR) is 316 cm³/mol. The van der Waals surface area contributed by atoms with Crippen molar-refractivity contribution in [3.05, 3.63) is 72.9 Å². The minimum Gasteiger partial charge on any atom is -0.462 e. The molecule has 0 aliphatic carbocycles. The minimum absolute atomic E-state index is 0.0801. The van der Waals surface area contributed by atoms with Gasteiger partial charge in [-0.1, -0.05) is 299 Å². The van der Waals surface area contributed by atoms with E-state index in [1.165, 1.54) is 167 Å². The van der Waals surface area contributed by atoms with Crippen LogP contribution in [-0.2, 0) is 28.6 Å². The lowest BCUT2D eigenvalue weighted by Crippen LogP contribution is -2.30. The molecule has 0 bridgehead atoms. The van der Waals surface area contributed by atoms with Crippen LogP contribution in [0.15, 0.2) is 72.9 Å². The summed E-state index contributed by atoms with van der Waals surface area (Å²) in [6.07, 6.45) is 79.2. The lowest BCUT2D eigenvalue weighted by Gasteiger charge is -2.18. The van der Waals surface area contributed by atoms with Gasteiger partial charge in [0, 0.05) is 19.3 Å². The van der Waals surface area contributed by atoms with E-state index in [0.717, 1.165) is 109 Å². The van der Waals surface area contributed by atoms with Crippen molar-refractivity contribution in [3.63, 3.8) is 0 Å². The van der Waals surface area contributed by atoms with Gasteiger partial charge in [-0.15, -0.1) is 0 Å². The molecule has 0 rings (SSSR count). The van der Waals surface area contributed by atoms with Gasteiger partial charge in [0.15, 0.2) is 6.10 Å². The SMILES string of the molecule is CC/C=C\C/C=C\C/C=C\C/C=C\C/C=C\C/C=C\CCCCCCC(=O)OCC(COC(=O)CCCCCCCCCCC)OC(=O)CCCCCCCCCCCCCCCCCCCCCCCCC. The molecule has 6 heteroatoms. The molecular weight excluding hydrogens is 901 g/mol. The van der Waals surface area contributed by atoms with Crippen LogP contribution >= 0.6 is 0 Å². The zero-order valence-corrected chi connectivity index (χ0v) is 48.4. The van der Waals surface area contributed by atoms with Gasteiger partial charge in [-0.2, -0.15) is 0 Å². The number of unbranched alkanes of at least 4 members (excludes halogenated alkanes) is 34. The van der Waals surface area contributed by atoms with Gasteiger partial charge in [-0.25, -0.2) is 0 Å².